The van der Waals surface area contributed by atoms with Gasteiger partial charge in [0.1, 0.15) is 5.56 Å². The summed E-state index contributed by atoms with van der Waals surface area (Å²) in [5.41, 5.74) is -0.233. The number of nitrogens with zero attached hydrogens (tertiary/aromatic N) is 2. The van der Waals surface area contributed by atoms with E-state index in [1.54, 1.807) is 10.9 Å². The van der Waals surface area contributed by atoms with Gasteiger partial charge in [-0.3, -0.25) is 9.59 Å². The summed E-state index contributed by atoms with van der Waals surface area (Å²) in [4.78, 5) is 25.6. The summed E-state index contributed by atoms with van der Waals surface area (Å²) in [6.07, 6.45) is 11.3. The molecule has 2 amide bonds. The third-order valence-corrected chi connectivity index (χ3v) is 6.86. The van der Waals surface area contributed by atoms with Crippen molar-refractivity contribution < 1.29 is 19.4 Å². The van der Waals surface area contributed by atoms with E-state index in [1.165, 1.54) is 12.6 Å². The van der Waals surface area contributed by atoms with Crippen molar-refractivity contribution in [2.45, 2.75) is 98.6 Å². The van der Waals surface area contributed by atoms with Gasteiger partial charge in [-0.2, -0.15) is 5.10 Å². The highest BCUT2D eigenvalue weighted by molar-refractivity contribution is 5.96. The number of aromatic nitrogens is 2. The molecule has 8 heteroatoms. The van der Waals surface area contributed by atoms with Crippen molar-refractivity contribution in [2.75, 3.05) is 13.2 Å². The van der Waals surface area contributed by atoms with Crippen molar-refractivity contribution in [2.24, 2.45) is 23.7 Å². The quantitative estimate of drug-likeness (QED) is 0.407. The summed E-state index contributed by atoms with van der Waals surface area (Å²) in [6, 6.07) is -0.0844. The van der Waals surface area contributed by atoms with Crippen LogP contribution >= 0.6 is 0 Å². The molecular weight excluding hydrogens is 456 g/mol. The summed E-state index contributed by atoms with van der Waals surface area (Å²) in [6.45, 7) is 14.3. The molecule has 0 aromatic carbocycles. The van der Waals surface area contributed by atoms with E-state index < -0.39 is 5.54 Å². The molecule has 36 heavy (non-hydrogen) atoms. The highest BCUT2D eigenvalue weighted by Gasteiger charge is 2.29. The average molecular weight is 505 g/mol. The lowest BCUT2D eigenvalue weighted by Crippen LogP contribution is -2.43. The van der Waals surface area contributed by atoms with Crippen molar-refractivity contribution in [1.82, 2.24) is 20.4 Å². The van der Waals surface area contributed by atoms with Crippen LogP contribution in [0.3, 0.4) is 0 Å². The number of carbonyl (C=O) groups is 2. The molecule has 0 radical (unpaired) electrons. The van der Waals surface area contributed by atoms with Crippen LogP contribution in [0.1, 0.15) is 97.3 Å². The first kappa shape index (κ1) is 29.9. The van der Waals surface area contributed by atoms with Crippen molar-refractivity contribution in [3.05, 3.63) is 17.8 Å². The highest BCUT2D eigenvalue weighted by Crippen LogP contribution is 2.30. The van der Waals surface area contributed by atoms with Gasteiger partial charge in [0.15, 0.2) is 0 Å². The molecular formula is C28H48N4O4. The highest BCUT2D eigenvalue weighted by atomic mass is 16.5. The smallest absolute Gasteiger partial charge is 0.258 e. The van der Waals surface area contributed by atoms with Crippen LogP contribution in [0.25, 0.3) is 6.20 Å². The Morgan fingerprint density at radius 3 is 2.56 bits per heavy atom. The fourth-order valence-corrected chi connectivity index (χ4v) is 4.51. The minimum absolute atomic E-state index is 0.0376. The van der Waals surface area contributed by atoms with Crippen LogP contribution in [0, 0.1) is 23.7 Å². The summed E-state index contributed by atoms with van der Waals surface area (Å²) < 4.78 is 7.60. The second-order valence-corrected chi connectivity index (χ2v) is 11.5. The predicted octanol–water partition coefficient (Wildman–Crippen LogP) is 4.64. The monoisotopic (exact) mass is 504 g/mol. The van der Waals surface area contributed by atoms with E-state index in [0.717, 1.165) is 32.1 Å². The van der Waals surface area contributed by atoms with E-state index in [4.69, 9.17) is 4.74 Å². The number of nitrogens with one attached hydrogen (secondary N) is 2. The second kappa shape index (κ2) is 13.8. The van der Waals surface area contributed by atoms with E-state index in [9.17, 15) is 14.7 Å². The SMILES string of the molecule is CCC1CCCC[C@H](NC(=O)c2cnn(/C=C/C(C)(C)NC(=O)C(C)C)c2OCC(C)C)C(CO)C1. The maximum atomic E-state index is 13.4. The summed E-state index contributed by atoms with van der Waals surface area (Å²) in [5, 5.41) is 20.7. The average Bonchev–Trinajstić information content (AvgIpc) is 3.21. The van der Waals surface area contributed by atoms with Crippen LogP contribution in [0.5, 0.6) is 5.88 Å². The van der Waals surface area contributed by atoms with Crippen molar-refractivity contribution in [3.8, 4) is 5.88 Å². The van der Waals surface area contributed by atoms with Crippen molar-refractivity contribution >= 4 is 18.0 Å². The Morgan fingerprint density at radius 2 is 1.94 bits per heavy atom. The molecule has 0 spiro atoms. The summed E-state index contributed by atoms with van der Waals surface area (Å²) >= 11 is 0. The number of carbonyl (C=O) groups excluding carboxylic acids is 2. The number of aliphatic hydroxyl groups excluding tert-OH is 1. The molecule has 0 bridgehead atoms. The van der Waals surface area contributed by atoms with Gasteiger partial charge in [0, 0.05) is 30.7 Å². The van der Waals surface area contributed by atoms with Gasteiger partial charge in [-0.25, -0.2) is 4.68 Å². The van der Waals surface area contributed by atoms with Crippen molar-refractivity contribution in [1.29, 1.82) is 0 Å². The van der Waals surface area contributed by atoms with Gasteiger partial charge >= 0.3 is 0 Å². The fourth-order valence-electron chi connectivity index (χ4n) is 4.51. The third-order valence-electron chi connectivity index (χ3n) is 6.86. The van der Waals surface area contributed by atoms with Crippen LogP contribution in [0.4, 0.5) is 0 Å². The topological polar surface area (TPSA) is 105 Å². The van der Waals surface area contributed by atoms with Gasteiger partial charge in [0.2, 0.25) is 11.8 Å². The molecule has 1 aromatic rings. The number of hydrogen-bond donors (Lipinski definition) is 3. The van der Waals surface area contributed by atoms with Crippen LogP contribution in [0.2, 0.25) is 0 Å². The number of ether oxygens (including phenoxy) is 1. The molecule has 2 rings (SSSR count). The number of amides is 2. The van der Waals surface area contributed by atoms with E-state index in [2.05, 4.69) is 22.7 Å². The molecule has 2 unspecified atom stereocenters. The Bertz CT molecular complexity index is 875. The standard InChI is InChI=1S/C28H48N4O4/c1-8-21-11-9-10-12-24(22(15-21)17-33)30-26(35)23-16-29-32(27(23)36-18-19(2)3)14-13-28(6,7)31-25(34)20(4)5/h13-14,16,19-22,24,33H,8-12,15,17-18H2,1-7H3,(H,30,35)(H,31,34)/b14-13+/t21?,22?,24-/m0/s1. The lowest BCUT2D eigenvalue weighted by atomic mass is 9.80. The van der Waals surface area contributed by atoms with Crippen LogP contribution in [0.15, 0.2) is 12.3 Å². The van der Waals surface area contributed by atoms with Gasteiger partial charge in [-0.1, -0.05) is 60.3 Å². The van der Waals surface area contributed by atoms with E-state index >= 15 is 0 Å². The van der Waals surface area contributed by atoms with Gasteiger partial charge in [-0.05, 0) is 44.6 Å². The Hall–Kier alpha value is -2.35. The molecule has 3 N–H and O–H groups in total. The van der Waals surface area contributed by atoms with Crippen LogP contribution < -0.4 is 15.4 Å². The molecule has 204 valence electrons. The zero-order valence-electron chi connectivity index (χ0n) is 23.3. The number of aliphatic hydroxyl groups is 1. The lowest BCUT2D eigenvalue weighted by Gasteiger charge is -2.32. The first-order valence-electron chi connectivity index (χ1n) is 13.6. The molecule has 1 aromatic heterocycles. The van der Waals surface area contributed by atoms with E-state index in [0.29, 0.717) is 24.0 Å². The Kier molecular flexibility index (Phi) is 11.5. The molecule has 3 atom stereocenters. The van der Waals surface area contributed by atoms with Crippen LogP contribution in [-0.4, -0.2) is 51.5 Å². The Labute approximate surface area is 217 Å². The third kappa shape index (κ3) is 8.95. The summed E-state index contributed by atoms with van der Waals surface area (Å²) in [7, 11) is 0. The number of rotatable bonds is 11. The van der Waals surface area contributed by atoms with Crippen LogP contribution in [-0.2, 0) is 4.79 Å². The molecule has 1 fully saturated rings. The minimum atomic E-state index is -0.603. The van der Waals surface area contributed by atoms with Gasteiger partial charge in [-0.15, -0.1) is 0 Å². The van der Waals surface area contributed by atoms with Gasteiger partial charge < -0.3 is 20.5 Å². The molecule has 1 heterocycles. The van der Waals surface area contributed by atoms with Gasteiger partial charge in [0.25, 0.3) is 5.91 Å². The fraction of sp³-hybridized carbons (Fsp3) is 0.750. The Morgan fingerprint density at radius 1 is 1.25 bits per heavy atom. The van der Waals surface area contributed by atoms with Crippen molar-refractivity contribution in [3.63, 3.8) is 0 Å². The normalized spacial score (nSPS) is 21.4. The van der Waals surface area contributed by atoms with Gasteiger partial charge in [0.05, 0.1) is 18.3 Å². The maximum absolute atomic E-state index is 13.4. The molecule has 1 saturated carbocycles. The molecule has 0 aliphatic heterocycles. The predicted molar refractivity (Wildman–Crippen MR) is 144 cm³/mol. The molecule has 8 nitrogen and oxygen atoms in total. The molecule has 1 aliphatic rings. The zero-order valence-corrected chi connectivity index (χ0v) is 23.3. The largest absolute Gasteiger partial charge is 0.477 e. The minimum Gasteiger partial charge on any atom is -0.477 e. The van der Waals surface area contributed by atoms with E-state index in [-0.39, 0.29) is 42.2 Å². The lowest BCUT2D eigenvalue weighted by molar-refractivity contribution is -0.125. The Balaban J connectivity index is 2.26. The summed E-state index contributed by atoms with van der Waals surface area (Å²) in [5.74, 6) is 0.874. The molecule has 0 saturated heterocycles. The van der Waals surface area contributed by atoms with E-state index in [1.807, 2.05) is 47.6 Å². The number of hydrogen-bond acceptors (Lipinski definition) is 5. The second-order valence-electron chi connectivity index (χ2n) is 11.5. The zero-order chi connectivity index (χ0) is 26.9. The molecule has 1 aliphatic carbocycles. The first-order chi connectivity index (χ1) is 17.0. The first-order valence-corrected chi connectivity index (χ1v) is 13.6. The maximum Gasteiger partial charge on any atom is 0.258 e.